The molecular weight excluding hydrogens is 445 g/mol. The predicted octanol–water partition coefficient (Wildman–Crippen LogP) is 3.95. The zero-order chi connectivity index (χ0) is 24.8. The molecular formula is C25H29F3N4O2. The van der Waals surface area contributed by atoms with Gasteiger partial charge in [-0.1, -0.05) is 12.1 Å². The van der Waals surface area contributed by atoms with Gasteiger partial charge in [-0.3, -0.25) is 14.6 Å². The monoisotopic (exact) mass is 474 g/mol. The highest BCUT2D eigenvalue weighted by atomic mass is 19.4. The number of halogens is 3. The number of piperazine rings is 1. The molecule has 0 radical (unpaired) electrons. The second-order valence-corrected chi connectivity index (χ2v) is 9.51. The fourth-order valence-electron chi connectivity index (χ4n) is 4.97. The molecule has 0 bridgehead atoms. The number of hydrogen-bond donors (Lipinski definition) is 0. The van der Waals surface area contributed by atoms with Crippen molar-refractivity contribution in [2.24, 2.45) is 0 Å². The first-order chi connectivity index (χ1) is 15.9. The van der Waals surface area contributed by atoms with Gasteiger partial charge in [-0.2, -0.15) is 13.2 Å². The van der Waals surface area contributed by atoms with Crippen molar-refractivity contribution in [3.05, 3.63) is 58.9 Å². The third kappa shape index (κ3) is 4.35. The smallest absolute Gasteiger partial charge is 0.368 e. The molecule has 2 aliphatic rings. The summed E-state index contributed by atoms with van der Waals surface area (Å²) < 4.78 is 39.0. The van der Waals surface area contributed by atoms with Crippen LogP contribution < -0.4 is 4.90 Å². The average molecular weight is 475 g/mol. The molecule has 1 atom stereocenters. The molecule has 1 aromatic heterocycles. The van der Waals surface area contributed by atoms with Gasteiger partial charge in [0.05, 0.1) is 12.1 Å². The van der Waals surface area contributed by atoms with Crippen LogP contribution in [0.25, 0.3) is 0 Å². The van der Waals surface area contributed by atoms with Crippen molar-refractivity contribution in [3.63, 3.8) is 0 Å². The highest BCUT2D eigenvalue weighted by molar-refractivity contribution is 5.99. The highest BCUT2D eigenvalue weighted by Crippen LogP contribution is 2.38. The van der Waals surface area contributed by atoms with E-state index in [-0.39, 0.29) is 30.9 Å². The maximum atomic E-state index is 13.8. The van der Waals surface area contributed by atoms with Crippen molar-refractivity contribution < 1.29 is 22.8 Å². The van der Waals surface area contributed by atoms with Gasteiger partial charge >= 0.3 is 6.18 Å². The maximum Gasteiger partial charge on any atom is 0.416 e. The topological polar surface area (TPSA) is 56.8 Å². The first-order valence-corrected chi connectivity index (χ1v) is 11.4. The van der Waals surface area contributed by atoms with Crippen molar-refractivity contribution in [1.82, 2.24) is 14.8 Å². The van der Waals surface area contributed by atoms with Gasteiger partial charge in [-0.25, -0.2) is 0 Å². The molecule has 34 heavy (non-hydrogen) atoms. The summed E-state index contributed by atoms with van der Waals surface area (Å²) in [5, 5.41) is 0. The Kier molecular flexibility index (Phi) is 6.08. The lowest BCUT2D eigenvalue weighted by Crippen LogP contribution is -2.69. The van der Waals surface area contributed by atoms with E-state index in [9.17, 15) is 22.8 Å². The summed E-state index contributed by atoms with van der Waals surface area (Å²) in [6.45, 7) is 8.54. The van der Waals surface area contributed by atoms with E-state index in [4.69, 9.17) is 0 Å². The fourth-order valence-corrected chi connectivity index (χ4v) is 4.97. The standard InChI is InChI=1S/C25H29F3N4O2/c1-16(2)31-14-22(33)32(13-19-5-7-20(8-6-19)25(26,27)28)24(23(31)34)9-10-30(15-24)21-11-17(3)29-18(4)12-21/h5-8,11-12,16H,9-10,13-15H2,1-4H3. The van der Waals surface area contributed by atoms with Crippen LogP contribution in [0.5, 0.6) is 0 Å². The largest absolute Gasteiger partial charge is 0.416 e. The molecule has 2 aromatic rings. The van der Waals surface area contributed by atoms with Crippen LogP contribution in [0.4, 0.5) is 18.9 Å². The second kappa shape index (κ2) is 8.60. The van der Waals surface area contributed by atoms with E-state index in [2.05, 4.69) is 9.88 Å². The zero-order valence-electron chi connectivity index (χ0n) is 19.8. The van der Waals surface area contributed by atoms with Crippen LogP contribution in [-0.2, 0) is 22.3 Å². The summed E-state index contributed by atoms with van der Waals surface area (Å²) in [5.74, 6) is -0.309. The van der Waals surface area contributed by atoms with E-state index in [0.29, 0.717) is 25.1 Å². The molecule has 2 saturated heterocycles. The third-order valence-corrected chi connectivity index (χ3v) is 6.71. The lowest BCUT2D eigenvalue weighted by atomic mass is 9.89. The van der Waals surface area contributed by atoms with E-state index in [1.807, 2.05) is 39.8 Å². The number of anilines is 1. The summed E-state index contributed by atoms with van der Waals surface area (Å²) in [6.07, 6.45) is -3.98. The number of nitrogens with zero attached hydrogens (tertiary/aromatic N) is 4. The number of aryl methyl sites for hydroxylation is 2. The molecule has 182 valence electrons. The molecule has 0 N–H and O–H groups in total. The first-order valence-electron chi connectivity index (χ1n) is 11.4. The zero-order valence-corrected chi connectivity index (χ0v) is 19.8. The average Bonchev–Trinajstić information content (AvgIpc) is 3.19. The molecule has 3 heterocycles. The Morgan fingerprint density at radius 3 is 2.24 bits per heavy atom. The summed E-state index contributed by atoms with van der Waals surface area (Å²) in [7, 11) is 0. The van der Waals surface area contributed by atoms with Crippen molar-refractivity contribution >= 4 is 17.5 Å². The quantitative estimate of drug-likeness (QED) is 0.674. The predicted molar refractivity (Wildman–Crippen MR) is 122 cm³/mol. The van der Waals surface area contributed by atoms with Crippen LogP contribution >= 0.6 is 0 Å². The highest BCUT2D eigenvalue weighted by Gasteiger charge is 2.56. The van der Waals surface area contributed by atoms with E-state index in [1.54, 1.807) is 9.80 Å². The number of benzene rings is 1. The van der Waals surface area contributed by atoms with Crippen molar-refractivity contribution in [2.45, 2.75) is 58.4 Å². The van der Waals surface area contributed by atoms with E-state index in [0.717, 1.165) is 29.2 Å². The molecule has 2 fully saturated rings. The Morgan fingerprint density at radius 1 is 1.06 bits per heavy atom. The van der Waals surface area contributed by atoms with E-state index >= 15 is 0 Å². The van der Waals surface area contributed by atoms with Gasteiger partial charge in [0.2, 0.25) is 5.91 Å². The molecule has 9 heteroatoms. The Morgan fingerprint density at radius 2 is 1.68 bits per heavy atom. The van der Waals surface area contributed by atoms with E-state index < -0.39 is 17.3 Å². The number of amides is 2. The summed E-state index contributed by atoms with van der Waals surface area (Å²) >= 11 is 0. The van der Waals surface area contributed by atoms with Gasteiger partial charge in [0.15, 0.2) is 0 Å². The molecule has 6 nitrogen and oxygen atoms in total. The number of carbonyl (C=O) groups excluding carboxylic acids is 2. The van der Waals surface area contributed by atoms with Gasteiger partial charge in [0.1, 0.15) is 12.1 Å². The Balaban J connectivity index is 1.68. The first kappa shape index (κ1) is 24.0. The summed E-state index contributed by atoms with van der Waals surface area (Å²) in [6, 6.07) is 8.57. The van der Waals surface area contributed by atoms with Crippen LogP contribution in [-0.4, -0.2) is 57.8 Å². The minimum Gasteiger partial charge on any atom is -0.368 e. The number of pyridine rings is 1. The molecule has 0 saturated carbocycles. The lowest BCUT2D eigenvalue weighted by molar-refractivity contribution is -0.166. The van der Waals surface area contributed by atoms with Crippen LogP contribution in [0.1, 0.15) is 42.8 Å². The molecule has 2 aliphatic heterocycles. The summed E-state index contributed by atoms with van der Waals surface area (Å²) in [5.41, 5.74) is 1.42. The van der Waals surface area contributed by atoms with Gasteiger partial charge in [-0.15, -0.1) is 0 Å². The molecule has 1 unspecified atom stereocenters. The van der Waals surface area contributed by atoms with Crippen molar-refractivity contribution in [2.75, 3.05) is 24.5 Å². The van der Waals surface area contributed by atoms with Crippen LogP contribution in [0, 0.1) is 13.8 Å². The third-order valence-electron chi connectivity index (χ3n) is 6.71. The molecule has 1 aromatic carbocycles. The minimum absolute atomic E-state index is 0.0354. The van der Waals surface area contributed by atoms with Gasteiger partial charge < -0.3 is 14.7 Å². The van der Waals surface area contributed by atoms with Crippen molar-refractivity contribution in [3.8, 4) is 0 Å². The van der Waals surface area contributed by atoms with Crippen LogP contribution in [0.2, 0.25) is 0 Å². The van der Waals surface area contributed by atoms with Crippen LogP contribution in [0.15, 0.2) is 36.4 Å². The van der Waals surface area contributed by atoms with Gasteiger partial charge in [0.25, 0.3) is 5.91 Å². The number of alkyl halides is 3. The SMILES string of the molecule is Cc1cc(N2CCC3(C2)C(=O)N(C(C)C)CC(=O)N3Cc2ccc(C(F)(F)F)cc2)cc(C)n1. The van der Waals surface area contributed by atoms with E-state index in [1.165, 1.54) is 12.1 Å². The molecule has 4 rings (SSSR count). The lowest BCUT2D eigenvalue weighted by Gasteiger charge is -2.48. The number of hydrogen-bond acceptors (Lipinski definition) is 4. The second-order valence-electron chi connectivity index (χ2n) is 9.51. The number of carbonyl (C=O) groups is 2. The Hall–Kier alpha value is -3.10. The van der Waals surface area contributed by atoms with Gasteiger partial charge in [0, 0.05) is 36.2 Å². The Bertz CT molecular complexity index is 1080. The van der Waals surface area contributed by atoms with Gasteiger partial charge in [-0.05, 0) is 63.9 Å². The fraction of sp³-hybridized carbons (Fsp3) is 0.480. The normalized spacial score (nSPS) is 21.4. The minimum atomic E-state index is -4.43. The Labute approximate surface area is 197 Å². The molecule has 2 amide bonds. The summed E-state index contributed by atoms with van der Waals surface area (Å²) in [4.78, 5) is 36.8. The molecule has 0 aliphatic carbocycles. The number of aromatic nitrogens is 1. The molecule has 1 spiro atoms. The van der Waals surface area contributed by atoms with Crippen molar-refractivity contribution in [1.29, 1.82) is 0 Å². The maximum absolute atomic E-state index is 13.8. The number of rotatable bonds is 4. The van der Waals surface area contributed by atoms with Crippen LogP contribution in [0.3, 0.4) is 0 Å².